The second-order valence-corrected chi connectivity index (χ2v) is 3.59. The molecule has 2 rings (SSSR count). The zero-order valence-electron chi connectivity index (χ0n) is 6.55. The Morgan fingerprint density at radius 2 is 2.31 bits per heavy atom. The van der Waals surface area contributed by atoms with Gasteiger partial charge in [0.1, 0.15) is 10.4 Å². The summed E-state index contributed by atoms with van der Waals surface area (Å²) in [4.78, 5) is 14.5. The molecule has 13 heavy (non-hydrogen) atoms. The number of nitrogens with zero attached hydrogens (tertiary/aromatic N) is 1. The molecule has 1 heterocycles. The van der Waals surface area contributed by atoms with Crippen molar-refractivity contribution in [2.75, 3.05) is 5.32 Å². The summed E-state index contributed by atoms with van der Waals surface area (Å²) in [6, 6.07) is 2.68. The number of pyridine rings is 1. The van der Waals surface area contributed by atoms with E-state index in [0.717, 1.165) is 0 Å². The van der Waals surface area contributed by atoms with Gasteiger partial charge in [-0.25, -0.2) is 9.37 Å². The average Bonchev–Trinajstić information content (AvgIpc) is 2.75. The van der Waals surface area contributed by atoms with Crippen molar-refractivity contribution in [1.29, 1.82) is 0 Å². The number of anilines is 1. The monoisotopic (exact) mass is 244 g/mol. The van der Waals surface area contributed by atoms with Gasteiger partial charge in [-0.05, 0) is 28.1 Å². The highest BCUT2D eigenvalue weighted by Crippen LogP contribution is 2.21. The van der Waals surface area contributed by atoms with Crippen LogP contribution in [0.15, 0.2) is 16.7 Å². The largest absolute Gasteiger partial charge is 0.360 e. The summed E-state index contributed by atoms with van der Waals surface area (Å²) >= 11 is 2.96. The molecule has 0 saturated heterocycles. The lowest BCUT2D eigenvalue weighted by atomic mass is 10.4. The summed E-state index contributed by atoms with van der Waals surface area (Å²) < 4.78 is 12.9. The maximum atomic E-state index is 12.7. The van der Waals surface area contributed by atoms with E-state index in [4.69, 9.17) is 0 Å². The SMILES string of the molecule is O=C1CC1Nc1ccc(F)c(Br)n1. The minimum atomic E-state index is -0.410. The number of carbonyl (C=O) groups is 1. The highest BCUT2D eigenvalue weighted by Gasteiger charge is 2.34. The molecule has 1 saturated carbocycles. The van der Waals surface area contributed by atoms with E-state index in [0.29, 0.717) is 12.2 Å². The third-order valence-electron chi connectivity index (χ3n) is 1.76. The predicted molar refractivity (Wildman–Crippen MR) is 48.9 cm³/mol. The van der Waals surface area contributed by atoms with Crippen molar-refractivity contribution in [3.63, 3.8) is 0 Å². The third-order valence-corrected chi connectivity index (χ3v) is 2.32. The minimum Gasteiger partial charge on any atom is -0.360 e. The molecule has 1 aromatic rings. The Morgan fingerprint density at radius 1 is 1.62 bits per heavy atom. The number of hydrogen-bond donors (Lipinski definition) is 1. The van der Waals surface area contributed by atoms with E-state index < -0.39 is 5.82 Å². The fourth-order valence-electron chi connectivity index (χ4n) is 0.950. The Labute approximate surface area is 82.5 Å². The molecule has 1 atom stereocenters. The number of aromatic nitrogens is 1. The summed E-state index contributed by atoms with van der Waals surface area (Å²) in [5, 5.41) is 2.88. The van der Waals surface area contributed by atoms with E-state index in [9.17, 15) is 9.18 Å². The molecular formula is C8H6BrFN2O. The molecular weight excluding hydrogens is 239 g/mol. The smallest absolute Gasteiger partial charge is 0.158 e. The summed E-state index contributed by atoms with van der Waals surface area (Å²) in [7, 11) is 0. The van der Waals surface area contributed by atoms with Gasteiger partial charge in [0.05, 0.1) is 6.04 Å². The van der Waals surface area contributed by atoms with Gasteiger partial charge in [0.15, 0.2) is 11.6 Å². The molecule has 1 unspecified atom stereocenters. The molecule has 3 nitrogen and oxygen atoms in total. The fraction of sp³-hybridized carbons (Fsp3) is 0.250. The number of rotatable bonds is 2. The van der Waals surface area contributed by atoms with Crippen molar-refractivity contribution < 1.29 is 9.18 Å². The predicted octanol–water partition coefficient (Wildman–Crippen LogP) is 1.74. The first-order valence-corrected chi connectivity index (χ1v) is 4.57. The zero-order valence-corrected chi connectivity index (χ0v) is 8.14. The topological polar surface area (TPSA) is 42.0 Å². The molecule has 1 fully saturated rings. The maximum Gasteiger partial charge on any atom is 0.158 e. The van der Waals surface area contributed by atoms with Crippen molar-refractivity contribution >= 4 is 27.5 Å². The van der Waals surface area contributed by atoms with Crippen LogP contribution in [0.4, 0.5) is 10.2 Å². The zero-order chi connectivity index (χ0) is 9.42. The number of Topliss-reactive ketones (excluding diaryl/α,β-unsaturated/α-hetero) is 1. The third kappa shape index (κ3) is 1.85. The molecule has 0 amide bonds. The lowest BCUT2D eigenvalue weighted by molar-refractivity contribution is -0.110. The van der Waals surface area contributed by atoms with Crippen LogP contribution in [-0.2, 0) is 4.79 Å². The number of ketones is 1. The molecule has 5 heteroatoms. The Balaban J connectivity index is 2.13. The van der Waals surface area contributed by atoms with Gasteiger partial charge in [0.25, 0.3) is 0 Å². The van der Waals surface area contributed by atoms with E-state index in [1.54, 1.807) is 0 Å². The van der Waals surface area contributed by atoms with Gasteiger partial charge in [0.2, 0.25) is 0 Å². The fourth-order valence-corrected chi connectivity index (χ4v) is 1.27. The van der Waals surface area contributed by atoms with Crippen LogP contribution in [0.5, 0.6) is 0 Å². The van der Waals surface area contributed by atoms with Crippen molar-refractivity contribution in [3.05, 3.63) is 22.6 Å². The van der Waals surface area contributed by atoms with Gasteiger partial charge in [-0.1, -0.05) is 0 Å². The van der Waals surface area contributed by atoms with E-state index in [1.807, 2.05) is 0 Å². The standard InChI is InChI=1S/C8H6BrFN2O/c9-8-4(10)1-2-7(12-8)11-5-3-6(5)13/h1-2,5H,3H2,(H,11,12). The normalized spacial score (nSPS) is 20.2. The van der Waals surface area contributed by atoms with Crippen LogP contribution in [0.2, 0.25) is 0 Å². The Hall–Kier alpha value is -0.970. The van der Waals surface area contributed by atoms with Crippen LogP contribution in [0.1, 0.15) is 6.42 Å². The molecule has 0 bridgehead atoms. The number of carbonyl (C=O) groups excluding carboxylic acids is 1. The van der Waals surface area contributed by atoms with Gasteiger partial charge in [-0.3, -0.25) is 4.79 Å². The van der Waals surface area contributed by atoms with Crippen LogP contribution in [0.25, 0.3) is 0 Å². The number of halogens is 2. The van der Waals surface area contributed by atoms with E-state index in [1.165, 1.54) is 12.1 Å². The lowest BCUT2D eigenvalue weighted by Crippen LogP contribution is -2.06. The molecule has 0 aliphatic heterocycles. The van der Waals surface area contributed by atoms with Crippen LogP contribution in [0.3, 0.4) is 0 Å². The van der Waals surface area contributed by atoms with Crippen molar-refractivity contribution in [1.82, 2.24) is 4.98 Å². The van der Waals surface area contributed by atoms with Crippen molar-refractivity contribution in [2.24, 2.45) is 0 Å². The maximum absolute atomic E-state index is 12.7. The van der Waals surface area contributed by atoms with Gasteiger partial charge in [0, 0.05) is 6.42 Å². The molecule has 68 valence electrons. The summed E-state index contributed by atoms with van der Waals surface area (Å²) in [5.74, 6) is 0.277. The molecule has 1 aliphatic rings. The van der Waals surface area contributed by atoms with Gasteiger partial charge in [-0.2, -0.15) is 0 Å². The van der Waals surface area contributed by atoms with Crippen LogP contribution >= 0.6 is 15.9 Å². The Kier molecular flexibility index (Phi) is 2.03. The second kappa shape index (κ2) is 3.06. The second-order valence-electron chi connectivity index (χ2n) is 2.84. The lowest BCUT2D eigenvalue weighted by Gasteiger charge is -2.02. The molecule has 0 radical (unpaired) electrons. The highest BCUT2D eigenvalue weighted by atomic mass is 79.9. The molecule has 0 spiro atoms. The van der Waals surface area contributed by atoms with E-state index in [-0.39, 0.29) is 16.4 Å². The van der Waals surface area contributed by atoms with Crippen LogP contribution in [-0.4, -0.2) is 16.8 Å². The van der Waals surface area contributed by atoms with Crippen LogP contribution < -0.4 is 5.32 Å². The van der Waals surface area contributed by atoms with E-state index >= 15 is 0 Å². The quantitative estimate of drug-likeness (QED) is 0.807. The highest BCUT2D eigenvalue weighted by molar-refractivity contribution is 9.10. The van der Waals surface area contributed by atoms with Crippen molar-refractivity contribution in [3.8, 4) is 0 Å². The average molecular weight is 245 g/mol. The van der Waals surface area contributed by atoms with Gasteiger partial charge in [-0.15, -0.1) is 0 Å². The molecule has 1 aromatic heterocycles. The summed E-state index contributed by atoms with van der Waals surface area (Å²) in [6.45, 7) is 0. The van der Waals surface area contributed by atoms with Crippen LogP contribution in [0, 0.1) is 5.82 Å². The van der Waals surface area contributed by atoms with Crippen molar-refractivity contribution in [2.45, 2.75) is 12.5 Å². The number of hydrogen-bond acceptors (Lipinski definition) is 3. The minimum absolute atomic E-state index is 0.120. The summed E-state index contributed by atoms with van der Waals surface area (Å²) in [5.41, 5.74) is 0. The van der Waals surface area contributed by atoms with Gasteiger partial charge >= 0.3 is 0 Å². The summed E-state index contributed by atoms with van der Waals surface area (Å²) in [6.07, 6.45) is 0.538. The molecule has 1 N–H and O–H groups in total. The first-order chi connectivity index (χ1) is 6.16. The Morgan fingerprint density at radius 3 is 2.85 bits per heavy atom. The Bertz CT molecular complexity index is 369. The first-order valence-electron chi connectivity index (χ1n) is 3.78. The van der Waals surface area contributed by atoms with Gasteiger partial charge < -0.3 is 5.32 Å². The molecule has 0 aromatic carbocycles. The first kappa shape index (κ1) is 8.62. The molecule has 1 aliphatic carbocycles. The van der Waals surface area contributed by atoms with E-state index in [2.05, 4.69) is 26.2 Å². The number of nitrogens with one attached hydrogen (secondary N) is 1.